The van der Waals surface area contributed by atoms with Crippen LogP contribution in [-0.4, -0.2) is 82.4 Å². The van der Waals surface area contributed by atoms with Gasteiger partial charge in [0.15, 0.2) is 0 Å². The summed E-state index contributed by atoms with van der Waals surface area (Å²) in [5.74, 6) is 0.217. The summed E-state index contributed by atoms with van der Waals surface area (Å²) in [6.45, 7) is 11.4. The number of hydrogen-bond acceptors (Lipinski definition) is 7. The van der Waals surface area contributed by atoms with Gasteiger partial charge < -0.3 is 14.3 Å². The van der Waals surface area contributed by atoms with Crippen molar-refractivity contribution in [2.75, 3.05) is 45.8 Å². The maximum atomic E-state index is 15.0. The van der Waals surface area contributed by atoms with E-state index in [4.69, 9.17) is 16.1 Å². The van der Waals surface area contributed by atoms with Crippen molar-refractivity contribution >= 4 is 29.1 Å². The molecule has 3 aromatic rings. The number of rotatable bonds is 9. The summed E-state index contributed by atoms with van der Waals surface area (Å²) in [5, 5.41) is 15.6. The largest absolute Gasteiger partial charge is 0.360 e. The number of allylic oxidation sites excluding steroid dienone is 1. The van der Waals surface area contributed by atoms with Gasteiger partial charge in [-0.15, -0.1) is 0 Å². The number of nitrogens with zero attached hydrogens (tertiary/aromatic N) is 5. The molecule has 2 amide bonds. The number of aryl methyl sites for hydroxylation is 2. The average Bonchev–Trinajstić information content (AvgIpc) is 3.43. The quantitative estimate of drug-likeness (QED) is 0.145. The standard InChI is InChI=1S/C35H39ClFN5O5/c1-21-8-9-23(18-29(21)42(45)46)33(43)40-15-12-39(13-16-40)14-17-41(20-24-10-11-25-19-26(24)35(25,3)4)34(44)30-22(2)47-38-32(30)31-27(36)6-5-7-28(31)37/h5-10,18,25-26H,11-17,19-20H2,1-4H3. The fourth-order valence-electron chi connectivity index (χ4n) is 7.36. The lowest BCUT2D eigenvalue weighted by atomic mass is 9.49. The Morgan fingerprint density at radius 3 is 2.57 bits per heavy atom. The van der Waals surface area contributed by atoms with Gasteiger partial charge in [-0.1, -0.05) is 54.4 Å². The third kappa shape index (κ3) is 6.18. The summed E-state index contributed by atoms with van der Waals surface area (Å²) in [5.41, 5.74) is 2.47. The first kappa shape index (κ1) is 32.8. The van der Waals surface area contributed by atoms with Gasteiger partial charge in [0.1, 0.15) is 22.8 Å². The summed E-state index contributed by atoms with van der Waals surface area (Å²) in [7, 11) is 0. The Hall–Kier alpha value is -4.09. The van der Waals surface area contributed by atoms with Crippen molar-refractivity contribution in [1.29, 1.82) is 0 Å². The molecule has 0 radical (unpaired) electrons. The first-order valence-corrected chi connectivity index (χ1v) is 16.4. The van der Waals surface area contributed by atoms with E-state index in [0.29, 0.717) is 74.5 Å². The zero-order chi connectivity index (χ0) is 33.6. The topological polar surface area (TPSA) is 113 Å². The molecule has 2 bridgehead atoms. The number of nitro groups is 1. The van der Waals surface area contributed by atoms with E-state index in [2.05, 4.69) is 30.0 Å². The fourth-order valence-corrected chi connectivity index (χ4v) is 7.62. The first-order valence-electron chi connectivity index (χ1n) is 16.0. The van der Waals surface area contributed by atoms with E-state index in [1.165, 1.54) is 23.8 Å². The Balaban J connectivity index is 1.19. The molecular formula is C35H39ClFN5O5. The number of aromatic nitrogens is 1. The van der Waals surface area contributed by atoms with E-state index in [-0.39, 0.29) is 44.8 Å². The van der Waals surface area contributed by atoms with Crippen molar-refractivity contribution in [3.63, 3.8) is 0 Å². The second-order valence-electron chi connectivity index (χ2n) is 13.5. The number of hydrogen-bond donors (Lipinski definition) is 0. The number of benzene rings is 2. The van der Waals surface area contributed by atoms with Gasteiger partial charge in [0.05, 0.1) is 15.5 Å². The van der Waals surface area contributed by atoms with Crippen molar-refractivity contribution in [1.82, 2.24) is 19.9 Å². The van der Waals surface area contributed by atoms with Crippen molar-refractivity contribution in [2.24, 2.45) is 17.3 Å². The highest BCUT2D eigenvalue weighted by Gasteiger charge is 2.51. The first-order chi connectivity index (χ1) is 22.4. The van der Waals surface area contributed by atoms with Crippen molar-refractivity contribution in [3.05, 3.63) is 91.5 Å². The smallest absolute Gasteiger partial charge is 0.273 e. The van der Waals surface area contributed by atoms with Crippen molar-refractivity contribution in [2.45, 2.75) is 40.5 Å². The van der Waals surface area contributed by atoms with Crippen LogP contribution in [0.15, 0.2) is 52.6 Å². The molecule has 1 aliphatic heterocycles. The Bertz CT molecular complexity index is 1740. The molecule has 0 spiro atoms. The molecule has 2 fully saturated rings. The second-order valence-corrected chi connectivity index (χ2v) is 13.9. The minimum atomic E-state index is -0.587. The lowest BCUT2D eigenvalue weighted by molar-refractivity contribution is -0.385. The van der Waals surface area contributed by atoms with Gasteiger partial charge in [0.25, 0.3) is 17.5 Å². The highest BCUT2D eigenvalue weighted by Crippen LogP contribution is 2.59. The molecule has 1 saturated heterocycles. The van der Waals surface area contributed by atoms with E-state index >= 15 is 4.39 Å². The molecule has 2 atom stereocenters. The lowest BCUT2D eigenvalue weighted by Crippen LogP contribution is -2.52. The van der Waals surface area contributed by atoms with Crippen LogP contribution < -0.4 is 0 Å². The molecule has 7 rings (SSSR count). The van der Waals surface area contributed by atoms with Gasteiger partial charge >= 0.3 is 0 Å². The lowest BCUT2D eigenvalue weighted by Gasteiger charge is -2.57. The minimum absolute atomic E-state index is 0.0360. The number of nitro benzene ring substituents is 1. The number of carbonyl (C=O) groups excluding carboxylic acids is 2. The normalized spacial score (nSPS) is 20.4. The summed E-state index contributed by atoms with van der Waals surface area (Å²) in [4.78, 5) is 44.2. The van der Waals surface area contributed by atoms with Crippen LogP contribution in [-0.2, 0) is 0 Å². The Labute approximate surface area is 278 Å². The highest BCUT2D eigenvalue weighted by molar-refractivity contribution is 6.33. The van der Waals surface area contributed by atoms with E-state index < -0.39 is 10.7 Å². The number of carbonyl (C=O) groups is 2. The average molecular weight is 664 g/mol. The number of halogens is 2. The van der Waals surface area contributed by atoms with Crippen LogP contribution >= 0.6 is 11.6 Å². The molecule has 248 valence electrons. The van der Waals surface area contributed by atoms with E-state index in [1.807, 2.05) is 0 Å². The van der Waals surface area contributed by atoms with Gasteiger partial charge in [0, 0.05) is 63.0 Å². The van der Waals surface area contributed by atoms with Crippen molar-refractivity contribution < 1.29 is 23.4 Å². The van der Waals surface area contributed by atoms with E-state index in [1.54, 1.807) is 41.8 Å². The summed E-state index contributed by atoms with van der Waals surface area (Å²) < 4.78 is 20.5. The van der Waals surface area contributed by atoms with Gasteiger partial charge in [0.2, 0.25) is 0 Å². The molecule has 47 heavy (non-hydrogen) atoms. The van der Waals surface area contributed by atoms with Gasteiger partial charge in [-0.3, -0.25) is 24.6 Å². The Morgan fingerprint density at radius 2 is 1.91 bits per heavy atom. The third-order valence-electron chi connectivity index (χ3n) is 10.5. The SMILES string of the molecule is Cc1ccc(C(=O)N2CCN(CCN(CC3=CCC4CC3C4(C)C)C(=O)c3c(-c4c(F)cccc4Cl)noc3C)CC2)cc1[N+](=O)[O-]. The van der Waals surface area contributed by atoms with Crippen LogP contribution in [0.5, 0.6) is 0 Å². The number of fused-ring (bicyclic) bond motifs is 1. The highest BCUT2D eigenvalue weighted by atomic mass is 35.5. The zero-order valence-corrected chi connectivity index (χ0v) is 27.8. The summed E-state index contributed by atoms with van der Waals surface area (Å²) in [6.07, 6.45) is 4.38. The minimum Gasteiger partial charge on any atom is -0.360 e. The van der Waals surface area contributed by atoms with Crippen LogP contribution in [0.4, 0.5) is 10.1 Å². The molecule has 4 aliphatic rings. The van der Waals surface area contributed by atoms with Crippen LogP contribution in [0, 0.1) is 47.0 Å². The van der Waals surface area contributed by atoms with Crippen LogP contribution in [0.25, 0.3) is 11.3 Å². The molecule has 12 heteroatoms. The maximum Gasteiger partial charge on any atom is 0.273 e. The fraction of sp³-hybridized carbons (Fsp3) is 0.457. The molecular weight excluding hydrogens is 625 g/mol. The van der Waals surface area contributed by atoms with Gasteiger partial charge in [-0.05, 0) is 62.1 Å². The molecule has 1 saturated carbocycles. The molecule has 3 aliphatic carbocycles. The maximum absolute atomic E-state index is 15.0. The Kier molecular flexibility index (Phi) is 8.97. The van der Waals surface area contributed by atoms with Crippen LogP contribution in [0.1, 0.15) is 58.7 Å². The van der Waals surface area contributed by atoms with Gasteiger partial charge in [-0.2, -0.15) is 0 Å². The molecule has 10 nitrogen and oxygen atoms in total. The van der Waals surface area contributed by atoms with Gasteiger partial charge in [-0.25, -0.2) is 4.39 Å². The predicted molar refractivity (Wildman–Crippen MR) is 176 cm³/mol. The molecule has 2 unspecified atom stereocenters. The Morgan fingerprint density at radius 1 is 1.17 bits per heavy atom. The number of piperazine rings is 1. The summed E-state index contributed by atoms with van der Waals surface area (Å²) in [6, 6.07) is 8.91. The van der Waals surface area contributed by atoms with E-state index in [0.717, 1.165) is 12.8 Å². The van der Waals surface area contributed by atoms with Crippen LogP contribution in [0.3, 0.4) is 0 Å². The van der Waals surface area contributed by atoms with Crippen LogP contribution in [0.2, 0.25) is 5.02 Å². The predicted octanol–water partition coefficient (Wildman–Crippen LogP) is 6.55. The van der Waals surface area contributed by atoms with E-state index in [9.17, 15) is 19.7 Å². The summed E-state index contributed by atoms with van der Waals surface area (Å²) >= 11 is 6.38. The zero-order valence-electron chi connectivity index (χ0n) is 27.1. The molecule has 2 heterocycles. The number of amides is 2. The second kappa shape index (κ2) is 12.8. The monoisotopic (exact) mass is 663 g/mol. The van der Waals surface area contributed by atoms with Crippen molar-refractivity contribution in [3.8, 4) is 11.3 Å². The molecule has 2 aromatic carbocycles. The third-order valence-corrected chi connectivity index (χ3v) is 10.8. The molecule has 0 N–H and O–H groups in total. The molecule has 1 aromatic heterocycles.